The second kappa shape index (κ2) is 9.03. The fourth-order valence-electron chi connectivity index (χ4n) is 3.36. The lowest BCUT2D eigenvalue weighted by molar-refractivity contribution is -0.160. The Morgan fingerprint density at radius 3 is 2.77 bits per heavy atom. The van der Waals surface area contributed by atoms with Crippen molar-refractivity contribution in [1.82, 2.24) is 10.2 Å². The summed E-state index contributed by atoms with van der Waals surface area (Å²) in [6.45, 7) is 4.20. The second-order valence-electron chi connectivity index (χ2n) is 6.64. The predicted molar refractivity (Wildman–Crippen MR) is 98.7 cm³/mol. The minimum absolute atomic E-state index is 0.0641. The maximum Gasteiger partial charge on any atom is 0.314 e. The fourth-order valence-corrected chi connectivity index (χ4v) is 3.57. The molecule has 1 fully saturated rings. The smallest absolute Gasteiger partial charge is 0.314 e. The van der Waals surface area contributed by atoms with Gasteiger partial charge in [-0.2, -0.15) is 0 Å². The van der Waals surface area contributed by atoms with Crippen LogP contribution < -0.4 is 5.32 Å². The van der Waals surface area contributed by atoms with Gasteiger partial charge in [-0.15, -0.1) is 0 Å². The van der Waals surface area contributed by atoms with E-state index in [1.54, 1.807) is 17.9 Å². The van der Waals surface area contributed by atoms with Crippen LogP contribution in [0.25, 0.3) is 0 Å². The Morgan fingerprint density at radius 1 is 1.35 bits per heavy atom. The van der Waals surface area contributed by atoms with Crippen LogP contribution in [-0.2, 0) is 25.5 Å². The summed E-state index contributed by atoms with van der Waals surface area (Å²) < 4.78 is 5.33. The number of halogens is 1. The molecule has 0 spiro atoms. The number of esters is 1. The Morgan fingerprint density at radius 2 is 2.12 bits per heavy atom. The SMILES string of the molecule is CCOC(=O)[C@@]1(Cc2cccc(Cl)c2)CCCN(C(=O)CNC(C)=O)C1. The molecule has 2 amide bonds. The van der Waals surface area contributed by atoms with Crippen molar-refractivity contribution >= 4 is 29.4 Å². The molecule has 7 heteroatoms. The zero-order valence-electron chi connectivity index (χ0n) is 15.2. The molecule has 2 rings (SSSR count). The quantitative estimate of drug-likeness (QED) is 0.767. The van der Waals surface area contributed by atoms with E-state index in [-0.39, 0.29) is 37.5 Å². The zero-order chi connectivity index (χ0) is 19.2. The maximum atomic E-state index is 12.8. The van der Waals surface area contributed by atoms with E-state index in [1.165, 1.54) is 6.92 Å². The largest absolute Gasteiger partial charge is 0.466 e. The molecule has 142 valence electrons. The molecule has 6 nitrogen and oxygen atoms in total. The monoisotopic (exact) mass is 380 g/mol. The van der Waals surface area contributed by atoms with Gasteiger partial charge in [0, 0.05) is 25.0 Å². The lowest BCUT2D eigenvalue weighted by Crippen LogP contribution is -2.53. The number of nitrogens with one attached hydrogen (secondary N) is 1. The fraction of sp³-hybridized carbons (Fsp3) is 0.526. The Kier molecular flexibility index (Phi) is 7.03. The summed E-state index contributed by atoms with van der Waals surface area (Å²) in [6.07, 6.45) is 1.80. The molecular formula is C19H25ClN2O4. The molecule has 0 radical (unpaired) electrons. The molecule has 1 saturated heterocycles. The van der Waals surface area contributed by atoms with Gasteiger partial charge in [0.05, 0.1) is 18.6 Å². The topological polar surface area (TPSA) is 75.7 Å². The van der Waals surface area contributed by atoms with Crippen LogP contribution in [0.2, 0.25) is 5.02 Å². The minimum Gasteiger partial charge on any atom is -0.466 e. The molecule has 1 N–H and O–H groups in total. The van der Waals surface area contributed by atoms with E-state index in [2.05, 4.69) is 5.32 Å². The first kappa shape index (κ1) is 20.2. The third-order valence-electron chi connectivity index (χ3n) is 4.56. The number of amides is 2. The highest BCUT2D eigenvalue weighted by Gasteiger charge is 2.44. The molecule has 0 unspecified atom stereocenters. The standard InChI is InChI=1S/C19H25ClN2O4/c1-3-26-18(25)19(11-15-6-4-7-16(20)10-15)8-5-9-22(13-19)17(24)12-21-14(2)23/h4,6-7,10H,3,5,8-9,11-13H2,1-2H3,(H,21,23)/t19-/m1/s1. The molecule has 1 aromatic carbocycles. The maximum absolute atomic E-state index is 12.8. The van der Waals surface area contributed by atoms with E-state index in [0.717, 1.165) is 5.56 Å². The molecule has 26 heavy (non-hydrogen) atoms. The normalized spacial score (nSPS) is 19.7. The summed E-state index contributed by atoms with van der Waals surface area (Å²) in [7, 11) is 0. The minimum atomic E-state index is -0.801. The van der Waals surface area contributed by atoms with Crippen LogP contribution in [0.4, 0.5) is 0 Å². The number of rotatable bonds is 6. The van der Waals surface area contributed by atoms with Crippen molar-refractivity contribution in [2.24, 2.45) is 5.41 Å². The average molecular weight is 381 g/mol. The van der Waals surface area contributed by atoms with Crippen LogP contribution >= 0.6 is 11.6 Å². The summed E-state index contributed by atoms with van der Waals surface area (Å²) in [6, 6.07) is 7.39. The van der Waals surface area contributed by atoms with E-state index in [4.69, 9.17) is 16.3 Å². The number of piperidine rings is 1. The lowest BCUT2D eigenvalue weighted by atomic mass is 9.75. The number of carbonyl (C=O) groups excluding carboxylic acids is 3. The van der Waals surface area contributed by atoms with Gasteiger partial charge in [-0.25, -0.2) is 0 Å². The van der Waals surface area contributed by atoms with Gasteiger partial charge in [0.2, 0.25) is 11.8 Å². The van der Waals surface area contributed by atoms with Crippen LogP contribution in [0.3, 0.4) is 0 Å². The Labute approximate surface area is 158 Å². The Hall–Kier alpha value is -2.08. The highest BCUT2D eigenvalue weighted by atomic mass is 35.5. The average Bonchev–Trinajstić information content (AvgIpc) is 2.60. The first-order valence-electron chi connectivity index (χ1n) is 8.80. The molecule has 1 heterocycles. The van der Waals surface area contributed by atoms with E-state index in [0.29, 0.717) is 30.8 Å². The first-order valence-corrected chi connectivity index (χ1v) is 9.18. The summed E-state index contributed by atoms with van der Waals surface area (Å²) in [5, 5.41) is 3.13. The summed E-state index contributed by atoms with van der Waals surface area (Å²) >= 11 is 6.08. The summed E-state index contributed by atoms with van der Waals surface area (Å²) in [5.41, 5.74) is 0.131. The number of hydrogen-bond donors (Lipinski definition) is 1. The van der Waals surface area contributed by atoms with Crippen LogP contribution in [0.15, 0.2) is 24.3 Å². The number of hydrogen-bond acceptors (Lipinski definition) is 4. The molecule has 0 aliphatic carbocycles. The summed E-state index contributed by atoms with van der Waals surface area (Å²) in [5.74, 6) is -0.748. The van der Waals surface area contributed by atoms with Gasteiger partial charge in [0.25, 0.3) is 0 Å². The molecule has 1 atom stereocenters. The van der Waals surface area contributed by atoms with E-state index >= 15 is 0 Å². The lowest BCUT2D eigenvalue weighted by Gasteiger charge is -2.41. The van der Waals surface area contributed by atoms with Gasteiger partial charge >= 0.3 is 5.97 Å². The van der Waals surface area contributed by atoms with Gasteiger partial charge < -0.3 is 15.0 Å². The zero-order valence-corrected chi connectivity index (χ0v) is 16.0. The molecule has 1 aromatic rings. The highest BCUT2D eigenvalue weighted by molar-refractivity contribution is 6.30. The van der Waals surface area contributed by atoms with Crippen molar-refractivity contribution < 1.29 is 19.1 Å². The van der Waals surface area contributed by atoms with Gasteiger partial charge in [0.15, 0.2) is 0 Å². The Balaban J connectivity index is 2.21. The van der Waals surface area contributed by atoms with Crippen molar-refractivity contribution in [2.45, 2.75) is 33.1 Å². The van der Waals surface area contributed by atoms with Crippen LogP contribution in [0.1, 0.15) is 32.3 Å². The van der Waals surface area contributed by atoms with Gasteiger partial charge in [-0.05, 0) is 43.9 Å². The highest BCUT2D eigenvalue weighted by Crippen LogP contribution is 2.35. The molecule has 1 aliphatic rings. The van der Waals surface area contributed by atoms with Crippen LogP contribution in [-0.4, -0.2) is 48.9 Å². The number of ether oxygens (including phenoxy) is 1. The predicted octanol–water partition coefficient (Wildman–Crippen LogP) is 2.19. The van der Waals surface area contributed by atoms with E-state index in [9.17, 15) is 14.4 Å². The summed E-state index contributed by atoms with van der Waals surface area (Å²) in [4.78, 5) is 37.9. The number of likely N-dealkylation sites (tertiary alicyclic amines) is 1. The number of benzene rings is 1. The van der Waals surface area contributed by atoms with Crippen LogP contribution in [0, 0.1) is 5.41 Å². The van der Waals surface area contributed by atoms with E-state index in [1.807, 2.05) is 18.2 Å². The van der Waals surface area contributed by atoms with Gasteiger partial charge in [-0.3, -0.25) is 14.4 Å². The van der Waals surface area contributed by atoms with Gasteiger partial charge in [-0.1, -0.05) is 23.7 Å². The van der Waals surface area contributed by atoms with Crippen molar-refractivity contribution in [2.75, 3.05) is 26.2 Å². The third-order valence-corrected chi connectivity index (χ3v) is 4.79. The van der Waals surface area contributed by atoms with Crippen molar-refractivity contribution in [1.29, 1.82) is 0 Å². The number of carbonyl (C=O) groups is 3. The molecular weight excluding hydrogens is 356 g/mol. The number of nitrogens with zero attached hydrogens (tertiary/aromatic N) is 1. The molecule has 0 bridgehead atoms. The third kappa shape index (κ3) is 5.21. The Bertz CT molecular complexity index is 679. The van der Waals surface area contributed by atoms with Crippen molar-refractivity contribution in [3.63, 3.8) is 0 Å². The first-order chi connectivity index (χ1) is 12.4. The van der Waals surface area contributed by atoms with Crippen molar-refractivity contribution in [3.05, 3.63) is 34.9 Å². The van der Waals surface area contributed by atoms with Crippen LogP contribution in [0.5, 0.6) is 0 Å². The van der Waals surface area contributed by atoms with Crippen molar-refractivity contribution in [3.8, 4) is 0 Å². The second-order valence-corrected chi connectivity index (χ2v) is 7.07. The molecule has 1 aliphatic heterocycles. The molecule has 0 aromatic heterocycles. The van der Waals surface area contributed by atoms with Gasteiger partial charge in [0.1, 0.15) is 0 Å². The van der Waals surface area contributed by atoms with E-state index < -0.39 is 5.41 Å². The molecule has 0 saturated carbocycles.